The standard InChI is InChI=1S/C10H6BrF2NOS/c11-6-1-8(12)10(13)9(2-6)15-3-7-4-16-5-14-7/h1-2,4-5H,3H2. The van der Waals surface area contributed by atoms with Crippen molar-refractivity contribution in [2.45, 2.75) is 6.61 Å². The molecule has 0 radical (unpaired) electrons. The summed E-state index contributed by atoms with van der Waals surface area (Å²) in [5.74, 6) is -2.05. The lowest BCUT2D eigenvalue weighted by Gasteiger charge is -2.06. The summed E-state index contributed by atoms with van der Waals surface area (Å²) in [5, 5.41) is 1.78. The molecule has 6 heteroatoms. The zero-order valence-electron chi connectivity index (χ0n) is 7.91. The number of aromatic nitrogens is 1. The lowest BCUT2D eigenvalue weighted by atomic mass is 10.3. The number of rotatable bonds is 3. The van der Waals surface area contributed by atoms with Crippen molar-refractivity contribution in [2.75, 3.05) is 0 Å². The zero-order chi connectivity index (χ0) is 11.5. The Morgan fingerprint density at radius 1 is 1.38 bits per heavy atom. The van der Waals surface area contributed by atoms with E-state index in [9.17, 15) is 8.78 Å². The van der Waals surface area contributed by atoms with Crippen molar-refractivity contribution in [3.63, 3.8) is 0 Å². The summed E-state index contributed by atoms with van der Waals surface area (Å²) in [5.41, 5.74) is 2.33. The summed E-state index contributed by atoms with van der Waals surface area (Å²) in [7, 11) is 0. The molecular weight excluding hydrogens is 300 g/mol. The SMILES string of the molecule is Fc1cc(Br)cc(OCc2cscn2)c1F. The first kappa shape index (κ1) is 11.5. The van der Waals surface area contributed by atoms with E-state index in [2.05, 4.69) is 20.9 Å². The van der Waals surface area contributed by atoms with E-state index >= 15 is 0 Å². The van der Waals surface area contributed by atoms with Crippen LogP contribution >= 0.6 is 27.3 Å². The predicted octanol–water partition coefficient (Wildman–Crippen LogP) is 3.76. The molecule has 0 fully saturated rings. The molecule has 16 heavy (non-hydrogen) atoms. The van der Waals surface area contributed by atoms with Crippen molar-refractivity contribution in [1.82, 2.24) is 4.98 Å². The zero-order valence-corrected chi connectivity index (χ0v) is 10.3. The van der Waals surface area contributed by atoms with Gasteiger partial charge in [0.2, 0.25) is 5.82 Å². The minimum atomic E-state index is -0.988. The van der Waals surface area contributed by atoms with Gasteiger partial charge < -0.3 is 4.74 Å². The third kappa shape index (κ3) is 2.56. The average molecular weight is 306 g/mol. The molecule has 0 unspecified atom stereocenters. The Morgan fingerprint density at radius 3 is 2.88 bits per heavy atom. The van der Waals surface area contributed by atoms with Crippen LogP contribution in [-0.2, 0) is 6.61 Å². The Morgan fingerprint density at radius 2 is 2.19 bits per heavy atom. The second-order valence-corrected chi connectivity index (χ2v) is 4.60. The third-order valence-corrected chi connectivity index (χ3v) is 2.91. The van der Waals surface area contributed by atoms with Gasteiger partial charge in [-0.1, -0.05) is 15.9 Å². The van der Waals surface area contributed by atoms with Crippen molar-refractivity contribution in [1.29, 1.82) is 0 Å². The first-order valence-electron chi connectivity index (χ1n) is 4.31. The summed E-state index contributed by atoms with van der Waals surface area (Å²) in [6.45, 7) is 0.121. The van der Waals surface area contributed by atoms with Crippen molar-refractivity contribution < 1.29 is 13.5 Å². The lowest BCUT2D eigenvalue weighted by Crippen LogP contribution is -1.99. The van der Waals surface area contributed by atoms with Gasteiger partial charge in [-0.3, -0.25) is 0 Å². The van der Waals surface area contributed by atoms with Gasteiger partial charge >= 0.3 is 0 Å². The fraction of sp³-hybridized carbons (Fsp3) is 0.100. The molecule has 0 spiro atoms. The highest BCUT2D eigenvalue weighted by Crippen LogP contribution is 2.25. The first-order chi connectivity index (χ1) is 7.66. The van der Waals surface area contributed by atoms with Crippen LogP contribution < -0.4 is 4.74 Å². The van der Waals surface area contributed by atoms with Gasteiger partial charge in [-0.05, 0) is 12.1 Å². The molecule has 0 saturated carbocycles. The largest absolute Gasteiger partial charge is 0.484 e. The molecule has 0 atom stereocenters. The molecule has 0 saturated heterocycles. The molecule has 0 aliphatic rings. The quantitative estimate of drug-likeness (QED) is 0.806. The highest BCUT2D eigenvalue weighted by Gasteiger charge is 2.11. The van der Waals surface area contributed by atoms with Gasteiger partial charge in [0.15, 0.2) is 11.6 Å². The second kappa shape index (κ2) is 4.88. The Bertz CT molecular complexity index is 490. The second-order valence-electron chi connectivity index (χ2n) is 2.97. The van der Waals surface area contributed by atoms with E-state index in [1.165, 1.54) is 17.4 Å². The van der Waals surface area contributed by atoms with Crippen LogP contribution in [0.5, 0.6) is 5.75 Å². The summed E-state index contributed by atoms with van der Waals surface area (Å²) in [4.78, 5) is 3.97. The summed E-state index contributed by atoms with van der Waals surface area (Å²) < 4.78 is 31.9. The highest BCUT2D eigenvalue weighted by molar-refractivity contribution is 9.10. The summed E-state index contributed by atoms with van der Waals surface area (Å²) in [6.07, 6.45) is 0. The van der Waals surface area contributed by atoms with Gasteiger partial charge in [-0.2, -0.15) is 4.39 Å². The minimum absolute atomic E-state index is 0.121. The molecule has 2 rings (SSSR count). The maximum atomic E-state index is 13.3. The highest BCUT2D eigenvalue weighted by atomic mass is 79.9. The molecule has 2 aromatic rings. The summed E-state index contributed by atoms with van der Waals surface area (Å²) in [6, 6.07) is 2.43. The molecule has 0 N–H and O–H groups in total. The normalized spacial score (nSPS) is 10.4. The first-order valence-corrected chi connectivity index (χ1v) is 6.05. The van der Waals surface area contributed by atoms with Crippen LogP contribution in [0, 0.1) is 11.6 Å². The molecule has 0 aliphatic heterocycles. The molecule has 0 aliphatic carbocycles. The van der Waals surface area contributed by atoms with Crippen molar-refractivity contribution >= 4 is 27.3 Å². The number of thiazole rings is 1. The van der Waals surface area contributed by atoms with Crippen LogP contribution in [0.25, 0.3) is 0 Å². The Labute approximate surface area is 103 Å². The smallest absolute Gasteiger partial charge is 0.200 e. The Hall–Kier alpha value is -1.01. The molecule has 0 bridgehead atoms. The topological polar surface area (TPSA) is 22.1 Å². The maximum Gasteiger partial charge on any atom is 0.200 e. The van der Waals surface area contributed by atoms with Gasteiger partial charge in [-0.15, -0.1) is 11.3 Å². The number of benzene rings is 1. The average Bonchev–Trinajstić information content (AvgIpc) is 2.74. The fourth-order valence-corrected chi connectivity index (χ4v) is 2.05. The van der Waals surface area contributed by atoms with Gasteiger partial charge in [0.25, 0.3) is 0 Å². The minimum Gasteiger partial charge on any atom is -0.484 e. The van der Waals surface area contributed by atoms with Crippen LogP contribution in [0.4, 0.5) is 8.78 Å². The monoisotopic (exact) mass is 305 g/mol. The Kier molecular flexibility index (Phi) is 3.50. The van der Waals surface area contributed by atoms with E-state index in [4.69, 9.17) is 4.74 Å². The van der Waals surface area contributed by atoms with Crippen molar-refractivity contribution in [2.24, 2.45) is 0 Å². The number of nitrogens with zero attached hydrogens (tertiary/aromatic N) is 1. The predicted molar refractivity (Wildman–Crippen MR) is 60.5 cm³/mol. The van der Waals surface area contributed by atoms with Crippen LogP contribution in [0.1, 0.15) is 5.69 Å². The molecule has 2 nitrogen and oxygen atoms in total. The van der Waals surface area contributed by atoms with Gasteiger partial charge in [0.05, 0.1) is 11.2 Å². The molecule has 1 aromatic carbocycles. The van der Waals surface area contributed by atoms with Gasteiger partial charge in [0.1, 0.15) is 6.61 Å². The van der Waals surface area contributed by atoms with E-state index < -0.39 is 11.6 Å². The van der Waals surface area contributed by atoms with Crippen molar-refractivity contribution in [3.8, 4) is 5.75 Å². The molecular formula is C10H6BrF2NOS. The van der Waals surface area contributed by atoms with Crippen LogP contribution in [-0.4, -0.2) is 4.98 Å². The Balaban J connectivity index is 2.15. The number of ether oxygens (including phenoxy) is 1. The van der Waals surface area contributed by atoms with Gasteiger partial charge in [-0.25, -0.2) is 9.37 Å². The molecule has 1 aromatic heterocycles. The molecule has 84 valence electrons. The van der Waals surface area contributed by atoms with Crippen LogP contribution in [0.2, 0.25) is 0 Å². The fourth-order valence-electron chi connectivity index (χ4n) is 1.10. The number of hydrogen-bond donors (Lipinski definition) is 0. The van der Waals surface area contributed by atoms with E-state index in [1.807, 2.05) is 0 Å². The van der Waals surface area contributed by atoms with E-state index in [1.54, 1.807) is 10.9 Å². The lowest BCUT2D eigenvalue weighted by molar-refractivity contribution is 0.281. The van der Waals surface area contributed by atoms with Crippen LogP contribution in [0.3, 0.4) is 0 Å². The van der Waals surface area contributed by atoms with Gasteiger partial charge in [0, 0.05) is 9.85 Å². The number of halogens is 3. The van der Waals surface area contributed by atoms with Crippen LogP contribution in [0.15, 0.2) is 27.5 Å². The molecule has 1 heterocycles. The van der Waals surface area contributed by atoms with Crippen molar-refractivity contribution in [3.05, 3.63) is 44.8 Å². The molecule has 0 amide bonds. The summed E-state index contributed by atoms with van der Waals surface area (Å²) >= 11 is 4.48. The van der Waals surface area contributed by atoms with E-state index in [-0.39, 0.29) is 12.4 Å². The number of hydrogen-bond acceptors (Lipinski definition) is 3. The van der Waals surface area contributed by atoms with E-state index in [0.29, 0.717) is 10.2 Å². The third-order valence-electron chi connectivity index (χ3n) is 1.82. The van der Waals surface area contributed by atoms with E-state index in [0.717, 1.165) is 6.07 Å². The maximum absolute atomic E-state index is 13.3.